The summed E-state index contributed by atoms with van der Waals surface area (Å²) >= 11 is 0. The molecule has 0 radical (unpaired) electrons. The summed E-state index contributed by atoms with van der Waals surface area (Å²) in [5.74, 6) is 2.37. The van der Waals surface area contributed by atoms with Gasteiger partial charge in [0.2, 0.25) is 5.89 Å². The first kappa shape index (κ1) is 29.7. The molecule has 0 saturated carbocycles. The van der Waals surface area contributed by atoms with Crippen molar-refractivity contribution in [3.63, 3.8) is 0 Å². The van der Waals surface area contributed by atoms with E-state index in [4.69, 9.17) is 28.8 Å². The lowest BCUT2D eigenvalue weighted by molar-refractivity contribution is 0.620. The number of hydrogen-bond donors (Lipinski definition) is 0. The lowest BCUT2D eigenvalue weighted by Crippen LogP contribution is -2.00. The van der Waals surface area contributed by atoms with E-state index in [0.717, 1.165) is 66.4 Å². The molecule has 0 N–H and O–H groups in total. The Labute approximate surface area is 298 Å². The van der Waals surface area contributed by atoms with E-state index in [-0.39, 0.29) is 0 Å². The first-order valence-electron chi connectivity index (χ1n) is 17.1. The molecule has 10 rings (SSSR count). The molecule has 0 saturated heterocycles. The van der Waals surface area contributed by atoms with Crippen LogP contribution < -0.4 is 0 Å². The Hall–Kier alpha value is -7.18. The zero-order chi connectivity index (χ0) is 34.4. The Balaban J connectivity index is 1.11. The Morgan fingerprint density at radius 2 is 0.808 bits per heavy atom. The van der Waals surface area contributed by atoms with Gasteiger partial charge in [-0.2, -0.15) is 0 Å². The molecule has 6 heteroatoms. The van der Waals surface area contributed by atoms with Crippen molar-refractivity contribution in [1.82, 2.24) is 19.9 Å². The molecule has 0 bridgehead atoms. The molecule has 10 aromatic rings. The van der Waals surface area contributed by atoms with Gasteiger partial charge in [0, 0.05) is 33.0 Å². The van der Waals surface area contributed by atoms with E-state index in [2.05, 4.69) is 60.7 Å². The van der Waals surface area contributed by atoms with Crippen LogP contribution in [-0.4, -0.2) is 19.9 Å². The molecule has 6 nitrogen and oxygen atoms in total. The van der Waals surface area contributed by atoms with Crippen molar-refractivity contribution in [1.29, 1.82) is 0 Å². The van der Waals surface area contributed by atoms with Crippen molar-refractivity contribution in [2.45, 2.75) is 0 Å². The molecule has 3 aromatic heterocycles. The van der Waals surface area contributed by atoms with Crippen LogP contribution in [0.15, 0.2) is 179 Å². The topological polar surface area (TPSA) is 77.8 Å². The average molecular weight is 669 g/mol. The van der Waals surface area contributed by atoms with E-state index in [9.17, 15) is 0 Å². The largest absolute Gasteiger partial charge is 0.456 e. The molecule has 0 aliphatic rings. The molecular weight excluding hydrogens is 641 g/mol. The van der Waals surface area contributed by atoms with E-state index in [1.54, 1.807) is 0 Å². The van der Waals surface area contributed by atoms with Crippen LogP contribution in [0.25, 0.3) is 101 Å². The second kappa shape index (κ2) is 12.3. The number of oxazole rings is 1. The van der Waals surface area contributed by atoms with Crippen LogP contribution >= 0.6 is 0 Å². The van der Waals surface area contributed by atoms with E-state index in [1.807, 2.05) is 109 Å². The van der Waals surface area contributed by atoms with Crippen LogP contribution in [0.2, 0.25) is 0 Å². The van der Waals surface area contributed by atoms with Crippen molar-refractivity contribution in [3.05, 3.63) is 170 Å². The van der Waals surface area contributed by atoms with Crippen LogP contribution in [0.5, 0.6) is 0 Å². The average Bonchev–Trinajstić information content (AvgIpc) is 3.83. The second-order valence-electron chi connectivity index (χ2n) is 12.6. The lowest BCUT2D eigenvalue weighted by atomic mass is 9.97. The molecule has 0 unspecified atom stereocenters. The number of benzene rings is 7. The van der Waals surface area contributed by atoms with Gasteiger partial charge in [0.1, 0.15) is 16.7 Å². The van der Waals surface area contributed by atoms with Crippen LogP contribution in [0.1, 0.15) is 0 Å². The number of furan rings is 1. The molecule has 0 fully saturated rings. The SMILES string of the molecule is c1ccc(-c2ccc(-c3nc4ccc(-c5cccc6oc7cccc(-c8nc(-c9ccccc9)nc(-c9ccccc9)n8)c7c56)cc4o3)cc2)cc1. The number of nitrogens with zero attached hydrogens (tertiary/aromatic N) is 4. The molecule has 52 heavy (non-hydrogen) atoms. The summed E-state index contributed by atoms with van der Waals surface area (Å²) in [6, 6.07) is 57.0. The molecule has 0 aliphatic heterocycles. The Morgan fingerprint density at radius 3 is 1.44 bits per heavy atom. The minimum absolute atomic E-state index is 0.574. The summed E-state index contributed by atoms with van der Waals surface area (Å²) < 4.78 is 12.9. The molecule has 7 aromatic carbocycles. The molecule has 0 atom stereocenters. The number of rotatable bonds is 6. The molecule has 244 valence electrons. The number of fused-ring (bicyclic) bond motifs is 4. The third-order valence-corrected chi connectivity index (χ3v) is 9.40. The van der Waals surface area contributed by atoms with Crippen molar-refractivity contribution < 1.29 is 8.83 Å². The predicted octanol–water partition coefficient (Wildman–Crippen LogP) is 11.9. The minimum atomic E-state index is 0.574. The zero-order valence-electron chi connectivity index (χ0n) is 27.8. The van der Waals surface area contributed by atoms with Gasteiger partial charge in [0.15, 0.2) is 23.1 Å². The Bertz CT molecular complexity index is 2820. The first-order chi connectivity index (χ1) is 25.7. The monoisotopic (exact) mass is 668 g/mol. The quantitative estimate of drug-likeness (QED) is 0.175. The van der Waals surface area contributed by atoms with Crippen molar-refractivity contribution in [2.75, 3.05) is 0 Å². The van der Waals surface area contributed by atoms with Gasteiger partial charge in [0.05, 0.1) is 0 Å². The Kier molecular flexibility index (Phi) is 7.03. The summed E-state index contributed by atoms with van der Waals surface area (Å²) in [5, 5.41) is 1.92. The van der Waals surface area contributed by atoms with Crippen molar-refractivity contribution >= 4 is 33.0 Å². The lowest BCUT2D eigenvalue weighted by Gasteiger charge is -2.10. The van der Waals surface area contributed by atoms with Crippen molar-refractivity contribution in [3.8, 4) is 67.9 Å². The maximum absolute atomic E-state index is 6.49. The van der Waals surface area contributed by atoms with Crippen LogP contribution in [-0.2, 0) is 0 Å². The van der Waals surface area contributed by atoms with E-state index < -0.39 is 0 Å². The van der Waals surface area contributed by atoms with E-state index >= 15 is 0 Å². The van der Waals surface area contributed by atoms with E-state index in [0.29, 0.717) is 28.9 Å². The first-order valence-corrected chi connectivity index (χ1v) is 17.1. The Morgan fingerprint density at radius 1 is 0.308 bits per heavy atom. The van der Waals surface area contributed by atoms with Gasteiger partial charge in [-0.15, -0.1) is 0 Å². The predicted molar refractivity (Wildman–Crippen MR) is 207 cm³/mol. The van der Waals surface area contributed by atoms with Crippen LogP contribution in [0.3, 0.4) is 0 Å². The smallest absolute Gasteiger partial charge is 0.227 e. The fourth-order valence-electron chi connectivity index (χ4n) is 6.87. The van der Waals surface area contributed by atoms with Gasteiger partial charge in [-0.05, 0) is 58.7 Å². The van der Waals surface area contributed by atoms with Gasteiger partial charge in [0.25, 0.3) is 0 Å². The second-order valence-corrected chi connectivity index (χ2v) is 12.6. The fraction of sp³-hybridized carbons (Fsp3) is 0. The molecule has 3 heterocycles. The highest BCUT2D eigenvalue weighted by atomic mass is 16.3. The van der Waals surface area contributed by atoms with Crippen LogP contribution in [0.4, 0.5) is 0 Å². The van der Waals surface area contributed by atoms with Crippen molar-refractivity contribution in [2.24, 2.45) is 0 Å². The highest BCUT2D eigenvalue weighted by molar-refractivity contribution is 6.17. The summed E-state index contributed by atoms with van der Waals surface area (Å²) in [5.41, 5.74) is 11.0. The maximum Gasteiger partial charge on any atom is 0.227 e. The third kappa shape index (κ3) is 5.22. The molecule has 0 spiro atoms. The summed E-state index contributed by atoms with van der Waals surface area (Å²) in [6.07, 6.45) is 0. The summed E-state index contributed by atoms with van der Waals surface area (Å²) in [6.45, 7) is 0. The molecular formula is C46H28N4O2. The fourth-order valence-corrected chi connectivity index (χ4v) is 6.87. The van der Waals surface area contributed by atoms with Gasteiger partial charge < -0.3 is 8.83 Å². The summed E-state index contributed by atoms with van der Waals surface area (Å²) in [4.78, 5) is 19.8. The minimum Gasteiger partial charge on any atom is -0.456 e. The number of hydrogen-bond acceptors (Lipinski definition) is 6. The van der Waals surface area contributed by atoms with Gasteiger partial charge in [-0.3, -0.25) is 0 Å². The standard InChI is InChI=1S/C46H28N4O2/c1-4-12-29(13-5-1)30-22-24-33(25-23-30)46-47-37-27-26-34(28-40(37)52-46)35-18-10-20-38-41(35)42-36(19-11-21-39(42)51-38)45-49-43(31-14-6-2-7-15-31)48-44(50-45)32-16-8-3-9-17-32/h1-28H. The zero-order valence-corrected chi connectivity index (χ0v) is 27.8. The highest BCUT2D eigenvalue weighted by Gasteiger charge is 2.20. The van der Waals surface area contributed by atoms with Gasteiger partial charge in [-0.25, -0.2) is 19.9 Å². The maximum atomic E-state index is 6.49. The van der Waals surface area contributed by atoms with Gasteiger partial charge >= 0.3 is 0 Å². The third-order valence-electron chi connectivity index (χ3n) is 9.40. The van der Waals surface area contributed by atoms with Crippen LogP contribution in [0, 0.1) is 0 Å². The van der Waals surface area contributed by atoms with E-state index in [1.165, 1.54) is 5.56 Å². The van der Waals surface area contributed by atoms with Gasteiger partial charge in [-0.1, -0.05) is 133 Å². The number of aromatic nitrogens is 4. The normalized spacial score (nSPS) is 11.5. The highest BCUT2D eigenvalue weighted by Crippen LogP contribution is 2.42. The molecule has 0 aliphatic carbocycles. The summed E-state index contributed by atoms with van der Waals surface area (Å²) in [7, 11) is 0. The molecule has 0 amide bonds.